The zero-order valence-corrected chi connectivity index (χ0v) is 12.5. The molecule has 0 aliphatic rings. The van der Waals surface area contributed by atoms with E-state index in [-0.39, 0.29) is 11.7 Å². The van der Waals surface area contributed by atoms with Crippen molar-refractivity contribution in [2.24, 2.45) is 0 Å². The summed E-state index contributed by atoms with van der Waals surface area (Å²) >= 11 is 0. The minimum Gasteiger partial charge on any atom is -0.354 e. The number of aromatic amines is 2. The standard InChI is InChI=1S/C15H20N4O2/c1-9-13(11(3)20)10(2)19-14(9)15(21)16-6-4-5-12-7-17-18-8-12/h7-8,19H,4-6H2,1-3H3,(H,16,21)(H,17,18). The Hall–Kier alpha value is -2.37. The van der Waals surface area contributed by atoms with Crippen LogP contribution in [-0.2, 0) is 6.42 Å². The normalized spacial score (nSPS) is 10.6. The molecule has 2 aromatic rings. The largest absolute Gasteiger partial charge is 0.354 e. The molecule has 0 atom stereocenters. The van der Waals surface area contributed by atoms with Gasteiger partial charge in [-0.25, -0.2) is 0 Å². The van der Waals surface area contributed by atoms with Gasteiger partial charge in [-0.15, -0.1) is 0 Å². The third-order valence-electron chi connectivity index (χ3n) is 3.50. The summed E-state index contributed by atoms with van der Waals surface area (Å²) < 4.78 is 0. The van der Waals surface area contributed by atoms with Gasteiger partial charge in [0.1, 0.15) is 5.69 Å². The van der Waals surface area contributed by atoms with Crippen molar-refractivity contribution in [3.8, 4) is 0 Å². The van der Waals surface area contributed by atoms with E-state index in [1.54, 1.807) is 20.0 Å². The molecule has 2 rings (SSSR count). The van der Waals surface area contributed by atoms with E-state index in [4.69, 9.17) is 0 Å². The molecule has 112 valence electrons. The number of hydrogen-bond acceptors (Lipinski definition) is 3. The highest BCUT2D eigenvalue weighted by Crippen LogP contribution is 2.18. The molecule has 0 spiro atoms. The quantitative estimate of drug-likeness (QED) is 0.560. The first kappa shape index (κ1) is 15.0. The first-order valence-corrected chi connectivity index (χ1v) is 6.96. The zero-order valence-electron chi connectivity index (χ0n) is 12.5. The number of carbonyl (C=O) groups is 2. The van der Waals surface area contributed by atoms with Gasteiger partial charge in [0.25, 0.3) is 5.91 Å². The second-order valence-corrected chi connectivity index (χ2v) is 5.15. The predicted octanol–water partition coefficient (Wildman–Crippen LogP) is 1.92. The zero-order chi connectivity index (χ0) is 15.4. The molecule has 0 saturated carbocycles. The van der Waals surface area contributed by atoms with Crippen LogP contribution in [0.3, 0.4) is 0 Å². The Morgan fingerprint density at radius 1 is 1.33 bits per heavy atom. The Kier molecular flexibility index (Phi) is 4.57. The fraction of sp³-hybridized carbons (Fsp3) is 0.400. The topological polar surface area (TPSA) is 90.6 Å². The molecule has 6 heteroatoms. The van der Waals surface area contributed by atoms with Crippen LogP contribution >= 0.6 is 0 Å². The Balaban J connectivity index is 1.91. The fourth-order valence-electron chi connectivity index (χ4n) is 2.50. The van der Waals surface area contributed by atoms with Crippen LogP contribution < -0.4 is 5.32 Å². The summed E-state index contributed by atoms with van der Waals surface area (Å²) in [4.78, 5) is 26.7. The lowest BCUT2D eigenvalue weighted by Crippen LogP contribution is -2.25. The third-order valence-corrected chi connectivity index (χ3v) is 3.50. The number of nitrogens with one attached hydrogen (secondary N) is 3. The van der Waals surface area contributed by atoms with Gasteiger partial charge in [-0.3, -0.25) is 14.7 Å². The van der Waals surface area contributed by atoms with Crippen LogP contribution in [0, 0.1) is 13.8 Å². The number of Topliss-reactive ketones (excluding diaryl/α,β-unsaturated/α-hetero) is 1. The van der Waals surface area contributed by atoms with Crippen LogP contribution in [0.15, 0.2) is 12.4 Å². The number of H-pyrrole nitrogens is 2. The van der Waals surface area contributed by atoms with Crippen molar-refractivity contribution < 1.29 is 9.59 Å². The molecule has 21 heavy (non-hydrogen) atoms. The maximum Gasteiger partial charge on any atom is 0.268 e. The number of hydrogen-bond donors (Lipinski definition) is 3. The number of aromatic nitrogens is 3. The van der Waals surface area contributed by atoms with Crippen LogP contribution in [0.4, 0.5) is 0 Å². The van der Waals surface area contributed by atoms with E-state index in [0.29, 0.717) is 23.4 Å². The van der Waals surface area contributed by atoms with Gasteiger partial charge >= 0.3 is 0 Å². The van der Waals surface area contributed by atoms with Gasteiger partial charge in [0, 0.05) is 24.0 Å². The third kappa shape index (κ3) is 3.39. The van der Waals surface area contributed by atoms with Crippen LogP contribution in [0.1, 0.15) is 51.0 Å². The van der Waals surface area contributed by atoms with E-state index >= 15 is 0 Å². The lowest BCUT2D eigenvalue weighted by atomic mass is 10.1. The van der Waals surface area contributed by atoms with Crippen LogP contribution in [0.25, 0.3) is 0 Å². The van der Waals surface area contributed by atoms with E-state index < -0.39 is 0 Å². The predicted molar refractivity (Wildman–Crippen MR) is 79.5 cm³/mol. The molecule has 0 saturated heterocycles. The summed E-state index contributed by atoms with van der Waals surface area (Å²) in [5.74, 6) is -0.199. The molecule has 6 nitrogen and oxygen atoms in total. The summed E-state index contributed by atoms with van der Waals surface area (Å²) in [5.41, 5.74) is 3.66. The van der Waals surface area contributed by atoms with Gasteiger partial charge in [0.05, 0.1) is 6.20 Å². The summed E-state index contributed by atoms with van der Waals surface area (Å²) in [5, 5.41) is 9.50. The maximum absolute atomic E-state index is 12.1. The highest BCUT2D eigenvalue weighted by molar-refractivity contribution is 6.02. The molecule has 3 N–H and O–H groups in total. The van der Waals surface area contributed by atoms with Crippen molar-refractivity contribution in [1.29, 1.82) is 0 Å². The molecule has 2 heterocycles. The number of carbonyl (C=O) groups excluding carboxylic acids is 2. The van der Waals surface area contributed by atoms with E-state index in [2.05, 4.69) is 20.5 Å². The molecule has 0 unspecified atom stereocenters. The minimum absolute atomic E-state index is 0.0275. The number of ketones is 1. The monoisotopic (exact) mass is 288 g/mol. The van der Waals surface area contributed by atoms with E-state index in [0.717, 1.165) is 24.1 Å². The van der Waals surface area contributed by atoms with Crippen molar-refractivity contribution in [2.45, 2.75) is 33.6 Å². The maximum atomic E-state index is 12.1. The molecule has 0 fully saturated rings. The van der Waals surface area contributed by atoms with Gasteiger partial charge in [-0.05, 0) is 44.7 Å². The van der Waals surface area contributed by atoms with Crippen molar-refractivity contribution in [3.05, 3.63) is 40.5 Å². The Bertz CT molecular complexity index is 641. The second-order valence-electron chi connectivity index (χ2n) is 5.15. The Morgan fingerprint density at radius 3 is 2.67 bits per heavy atom. The summed E-state index contributed by atoms with van der Waals surface area (Å²) in [7, 11) is 0. The molecule has 0 bridgehead atoms. The molecule has 0 aromatic carbocycles. The van der Waals surface area contributed by atoms with E-state index in [1.165, 1.54) is 6.92 Å². The molecule has 0 aliphatic heterocycles. The Labute approximate surface area is 123 Å². The first-order valence-electron chi connectivity index (χ1n) is 6.96. The molecule has 0 radical (unpaired) electrons. The minimum atomic E-state index is -0.171. The highest BCUT2D eigenvalue weighted by Gasteiger charge is 2.19. The average molecular weight is 288 g/mol. The lowest BCUT2D eigenvalue weighted by molar-refractivity contribution is 0.0948. The fourth-order valence-corrected chi connectivity index (χ4v) is 2.50. The van der Waals surface area contributed by atoms with Gasteiger partial charge in [0.2, 0.25) is 0 Å². The Morgan fingerprint density at radius 2 is 2.10 bits per heavy atom. The van der Waals surface area contributed by atoms with Crippen LogP contribution in [0.2, 0.25) is 0 Å². The first-order chi connectivity index (χ1) is 10.0. The number of rotatable bonds is 6. The van der Waals surface area contributed by atoms with Crippen molar-refractivity contribution in [3.63, 3.8) is 0 Å². The lowest BCUT2D eigenvalue weighted by Gasteiger charge is -2.04. The van der Waals surface area contributed by atoms with Gasteiger partial charge in [-0.2, -0.15) is 5.10 Å². The number of amides is 1. The summed E-state index contributed by atoms with van der Waals surface area (Å²) in [6.07, 6.45) is 5.32. The van der Waals surface area contributed by atoms with Gasteiger partial charge in [0.15, 0.2) is 5.78 Å². The summed E-state index contributed by atoms with van der Waals surface area (Å²) in [6, 6.07) is 0. The molecular weight excluding hydrogens is 268 g/mol. The molecule has 0 aliphatic carbocycles. The number of aryl methyl sites for hydroxylation is 2. The van der Waals surface area contributed by atoms with Gasteiger partial charge in [-0.1, -0.05) is 0 Å². The van der Waals surface area contributed by atoms with Crippen molar-refractivity contribution >= 4 is 11.7 Å². The molecule has 1 amide bonds. The van der Waals surface area contributed by atoms with E-state index in [1.807, 2.05) is 6.20 Å². The van der Waals surface area contributed by atoms with Crippen LogP contribution in [0.5, 0.6) is 0 Å². The van der Waals surface area contributed by atoms with E-state index in [9.17, 15) is 9.59 Å². The van der Waals surface area contributed by atoms with Crippen molar-refractivity contribution in [2.75, 3.05) is 6.54 Å². The van der Waals surface area contributed by atoms with Crippen molar-refractivity contribution in [1.82, 2.24) is 20.5 Å². The average Bonchev–Trinajstić information content (AvgIpc) is 3.02. The highest BCUT2D eigenvalue weighted by atomic mass is 16.2. The number of nitrogens with zero attached hydrogens (tertiary/aromatic N) is 1. The second kappa shape index (κ2) is 6.39. The van der Waals surface area contributed by atoms with Gasteiger partial charge < -0.3 is 10.3 Å². The molecular formula is C15H20N4O2. The smallest absolute Gasteiger partial charge is 0.268 e. The SMILES string of the molecule is CC(=O)c1c(C)[nH]c(C(=O)NCCCc2cn[nH]c2)c1C. The van der Waals surface area contributed by atoms with Crippen LogP contribution in [-0.4, -0.2) is 33.4 Å². The molecule has 2 aromatic heterocycles. The summed E-state index contributed by atoms with van der Waals surface area (Å²) in [6.45, 7) is 5.69.